The summed E-state index contributed by atoms with van der Waals surface area (Å²) in [4.78, 5) is 10.9. The number of nitrogens with zero attached hydrogens (tertiary/aromatic N) is 4. The molecule has 0 saturated heterocycles. The molecule has 0 radical (unpaired) electrons. The zero-order valence-electron chi connectivity index (χ0n) is 13.7. The number of H-pyrrole nitrogens is 1. The summed E-state index contributed by atoms with van der Waals surface area (Å²) < 4.78 is 0. The molecular weight excluding hydrogens is 330 g/mol. The summed E-state index contributed by atoms with van der Waals surface area (Å²) in [6, 6.07) is 17.3. The molecule has 0 atom stereocenters. The molecule has 0 unspecified atom stereocenters. The Balaban J connectivity index is 1.91. The molecule has 0 spiro atoms. The van der Waals surface area contributed by atoms with E-state index in [1.54, 1.807) is 12.3 Å². The van der Waals surface area contributed by atoms with Gasteiger partial charge in [-0.05, 0) is 30.3 Å². The lowest BCUT2D eigenvalue weighted by molar-refractivity contribution is 1.06. The number of anilines is 5. The monoisotopic (exact) mass is 347 g/mol. The van der Waals surface area contributed by atoms with Gasteiger partial charge in [0, 0.05) is 17.1 Å². The summed E-state index contributed by atoms with van der Waals surface area (Å²) in [6.45, 7) is 0. The topological polar surface area (TPSA) is 134 Å². The van der Waals surface area contributed by atoms with Crippen LogP contribution in [0.3, 0.4) is 0 Å². The highest BCUT2D eigenvalue weighted by Gasteiger charge is 2.17. The van der Waals surface area contributed by atoms with E-state index in [4.69, 9.17) is 11.7 Å². The largest absolute Gasteiger partial charge is 0.308 e. The van der Waals surface area contributed by atoms with Gasteiger partial charge in [0.25, 0.3) is 0 Å². The molecule has 0 fully saturated rings. The second-order valence-electron chi connectivity index (χ2n) is 5.54. The van der Waals surface area contributed by atoms with E-state index in [-0.39, 0.29) is 0 Å². The van der Waals surface area contributed by atoms with Gasteiger partial charge >= 0.3 is 0 Å². The summed E-state index contributed by atoms with van der Waals surface area (Å²) in [6.07, 6.45) is 1.78. The number of para-hydroxylation sites is 1. The Kier molecular flexibility index (Phi) is 4.06. The fourth-order valence-corrected chi connectivity index (χ4v) is 2.70. The summed E-state index contributed by atoms with van der Waals surface area (Å²) in [5, 5.41) is 8.07. The highest BCUT2D eigenvalue weighted by molar-refractivity contribution is 5.85. The van der Waals surface area contributed by atoms with Crippen LogP contribution in [0.1, 0.15) is 0 Å². The van der Waals surface area contributed by atoms with Gasteiger partial charge < -0.3 is 10.9 Å². The number of benzene rings is 2. The van der Waals surface area contributed by atoms with E-state index in [0.29, 0.717) is 17.6 Å². The highest BCUT2D eigenvalue weighted by atomic mass is 15.3. The first-order valence-electron chi connectivity index (χ1n) is 7.89. The van der Waals surface area contributed by atoms with Gasteiger partial charge in [-0.2, -0.15) is 15.1 Å². The first kappa shape index (κ1) is 15.8. The minimum absolute atomic E-state index is 0.415. The van der Waals surface area contributed by atoms with Crippen molar-refractivity contribution in [1.29, 1.82) is 0 Å². The Morgan fingerprint density at radius 2 is 1.58 bits per heavy atom. The third kappa shape index (κ3) is 2.88. The van der Waals surface area contributed by atoms with E-state index >= 15 is 0 Å². The number of nitrogens with two attached hydrogens (primary N) is 2. The SMILES string of the molecule is NNc1cc(NN)nc(N(c2ccccc2)c2ccc3cn[nH]c3c2)n1. The number of aromatic amines is 1. The fraction of sp³-hybridized carbons (Fsp3) is 0. The second-order valence-corrected chi connectivity index (χ2v) is 5.54. The van der Waals surface area contributed by atoms with Crippen LogP contribution in [0.4, 0.5) is 29.0 Å². The van der Waals surface area contributed by atoms with Crippen molar-refractivity contribution in [2.24, 2.45) is 11.7 Å². The molecule has 0 bridgehead atoms. The Morgan fingerprint density at radius 3 is 2.27 bits per heavy atom. The van der Waals surface area contributed by atoms with Crippen molar-refractivity contribution in [3.63, 3.8) is 0 Å². The number of hydrogen-bond acceptors (Lipinski definition) is 8. The molecule has 0 aliphatic heterocycles. The molecule has 9 heteroatoms. The number of aromatic nitrogens is 4. The van der Waals surface area contributed by atoms with Crippen molar-refractivity contribution in [2.75, 3.05) is 15.8 Å². The minimum atomic E-state index is 0.415. The average Bonchev–Trinajstić information content (AvgIpc) is 3.16. The quantitative estimate of drug-likeness (QED) is 0.274. The molecule has 4 aromatic rings. The van der Waals surface area contributed by atoms with Gasteiger partial charge in [-0.15, -0.1) is 0 Å². The predicted molar refractivity (Wildman–Crippen MR) is 102 cm³/mol. The predicted octanol–water partition coefficient (Wildman–Crippen LogP) is 2.39. The van der Waals surface area contributed by atoms with Crippen molar-refractivity contribution < 1.29 is 0 Å². The first-order valence-corrected chi connectivity index (χ1v) is 7.89. The van der Waals surface area contributed by atoms with E-state index in [9.17, 15) is 0 Å². The molecule has 26 heavy (non-hydrogen) atoms. The number of nitrogens with one attached hydrogen (secondary N) is 3. The molecule has 130 valence electrons. The first-order chi connectivity index (χ1) is 12.8. The van der Waals surface area contributed by atoms with Crippen molar-refractivity contribution in [3.05, 3.63) is 60.8 Å². The maximum absolute atomic E-state index is 5.54. The molecular formula is C17H17N9. The minimum Gasteiger partial charge on any atom is -0.308 e. The Bertz CT molecular complexity index is 1010. The normalized spacial score (nSPS) is 10.7. The third-order valence-electron chi connectivity index (χ3n) is 3.91. The van der Waals surface area contributed by atoms with Crippen LogP contribution < -0.4 is 27.4 Å². The van der Waals surface area contributed by atoms with Crippen molar-refractivity contribution in [3.8, 4) is 0 Å². The lowest BCUT2D eigenvalue weighted by Crippen LogP contribution is -2.18. The number of rotatable bonds is 5. The van der Waals surface area contributed by atoms with Gasteiger partial charge in [-0.1, -0.05) is 18.2 Å². The van der Waals surface area contributed by atoms with Crippen LogP contribution in [0.5, 0.6) is 0 Å². The van der Waals surface area contributed by atoms with Crippen LogP contribution >= 0.6 is 0 Å². The van der Waals surface area contributed by atoms with E-state index in [0.717, 1.165) is 22.3 Å². The lowest BCUT2D eigenvalue weighted by Gasteiger charge is -2.24. The van der Waals surface area contributed by atoms with Crippen LogP contribution in [0.2, 0.25) is 0 Å². The maximum atomic E-state index is 5.54. The summed E-state index contributed by atoms with van der Waals surface area (Å²) in [7, 11) is 0. The molecule has 2 aromatic carbocycles. The highest BCUT2D eigenvalue weighted by Crippen LogP contribution is 2.34. The van der Waals surface area contributed by atoms with Crippen molar-refractivity contribution in [1.82, 2.24) is 20.2 Å². The molecule has 2 aromatic heterocycles. The van der Waals surface area contributed by atoms with Crippen LogP contribution in [0.15, 0.2) is 60.8 Å². The number of hydrogen-bond donors (Lipinski definition) is 5. The molecule has 2 heterocycles. The molecule has 7 N–H and O–H groups in total. The molecule has 0 saturated carbocycles. The zero-order valence-corrected chi connectivity index (χ0v) is 13.7. The van der Waals surface area contributed by atoms with Crippen molar-refractivity contribution >= 4 is 39.9 Å². The van der Waals surface area contributed by atoms with E-state index in [1.807, 2.05) is 53.4 Å². The Morgan fingerprint density at radius 1 is 0.846 bits per heavy atom. The maximum Gasteiger partial charge on any atom is 0.238 e. The smallest absolute Gasteiger partial charge is 0.238 e. The third-order valence-corrected chi connectivity index (χ3v) is 3.91. The molecule has 0 aliphatic carbocycles. The molecule has 0 aliphatic rings. The Labute approximate surface area is 149 Å². The lowest BCUT2D eigenvalue weighted by atomic mass is 10.2. The van der Waals surface area contributed by atoms with Gasteiger partial charge in [0.15, 0.2) is 0 Å². The number of fused-ring (bicyclic) bond motifs is 1. The van der Waals surface area contributed by atoms with Gasteiger partial charge in [-0.3, -0.25) is 10.00 Å². The van der Waals surface area contributed by atoms with Crippen molar-refractivity contribution in [2.45, 2.75) is 0 Å². The zero-order chi connectivity index (χ0) is 17.9. The average molecular weight is 347 g/mol. The summed E-state index contributed by atoms with van der Waals surface area (Å²) in [5.74, 6) is 12.4. The van der Waals surface area contributed by atoms with Gasteiger partial charge in [0.05, 0.1) is 17.4 Å². The van der Waals surface area contributed by atoms with Crippen LogP contribution in [-0.4, -0.2) is 20.2 Å². The Hall–Kier alpha value is -3.69. The number of nitrogen functional groups attached to an aromatic ring is 2. The van der Waals surface area contributed by atoms with E-state index in [1.165, 1.54) is 0 Å². The second kappa shape index (κ2) is 6.67. The standard InChI is InChI=1S/C17H17N9/c18-23-15-9-16(24-19)22-17(21-15)26(12-4-2-1-3-5-12)13-7-6-11-10-20-25-14(11)8-13/h1-10H,18-19H2,(H,20,25)(H2,21,22,23,24). The molecule has 9 nitrogen and oxygen atoms in total. The summed E-state index contributed by atoms with van der Waals surface area (Å²) in [5.41, 5.74) is 7.74. The van der Waals surface area contributed by atoms with Crippen LogP contribution in [0, 0.1) is 0 Å². The van der Waals surface area contributed by atoms with Gasteiger partial charge in [0.2, 0.25) is 5.95 Å². The molecule has 4 rings (SSSR count). The summed E-state index contributed by atoms with van der Waals surface area (Å²) >= 11 is 0. The van der Waals surface area contributed by atoms with Crippen LogP contribution in [0.25, 0.3) is 10.9 Å². The van der Waals surface area contributed by atoms with E-state index in [2.05, 4.69) is 31.0 Å². The van der Waals surface area contributed by atoms with Gasteiger partial charge in [-0.25, -0.2) is 11.7 Å². The number of hydrazine groups is 2. The fourth-order valence-electron chi connectivity index (χ4n) is 2.70. The van der Waals surface area contributed by atoms with Crippen LogP contribution in [-0.2, 0) is 0 Å². The molecule has 0 amide bonds. The van der Waals surface area contributed by atoms with Gasteiger partial charge in [0.1, 0.15) is 11.6 Å². The van der Waals surface area contributed by atoms with E-state index < -0.39 is 0 Å².